The van der Waals surface area contributed by atoms with Crippen molar-refractivity contribution >= 4 is 11.6 Å². The number of ether oxygens (including phenoxy) is 1. The van der Waals surface area contributed by atoms with Gasteiger partial charge < -0.3 is 9.26 Å². The molecule has 15 heavy (non-hydrogen) atoms. The highest BCUT2D eigenvalue weighted by atomic mass is 35.5. The predicted octanol–water partition coefficient (Wildman–Crippen LogP) is 3.22. The van der Waals surface area contributed by atoms with Crippen molar-refractivity contribution < 1.29 is 9.26 Å². The van der Waals surface area contributed by atoms with Crippen molar-refractivity contribution in [1.29, 1.82) is 0 Å². The summed E-state index contributed by atoms with van der Waals surface area (Å²) in [6.45, 7) is 2.23. The van der Waals surface area contributed by atoms with Crippen LogP contribution in [-0.2, 0) is 6.61 Å². The Hall–Kier alpha value is -1.48. The molecule has 2 aromatic rings. The summed E-state index contributed by atoms with van der Waals surface area (Å²) in [5.74, 6) is 1.42. The van der Waals surface area contributed by atoms with Gasteiger partial charge in [0.1, 0.15) is 12.4 Å². The topological polar surface area (TPSA) is 35.3 Å². The molecule has 78 valence electrons. The number of benzene rings is 1. The Morgan fingerprint density at radius 1 is 1.40 bits per heavy atom. The third kappa shape index (κ3) is 2.73. The summed E-state index contributed by atoms with van der Waals surface area (Å²) in [4.78, 5) is 0. The highest BCUT2D eigenvalue weighted by molar-refractivity contribution is 6.30. The van der Waals surface area contributed by atoms with Crippen LogP contribution >= 0.6 is 11.6 Å². The SMILES string of the molecule is Cc1cc(COc2cccc(Cl)c2)on1. The van der Waals surface area contributed by atoms with Gasteiger partial charge in [-0.1, -0.05) is 22.8 Å². The van der Waals surface area contributed by atoms with Gasteiger partial charge in [0.15, 0.2) is 5.76 Å². The highest BCUT2D eigenvalue weighted by Crippen LogP contribution is 2.18. The van der Waals surface area contributed by atoms with Gasteiger partial charge >= 0.3 is 0 Å². The number of halogens is 1. The van der Waals surface area contributed by atoms with Gasteiger partial charge in [-0.2, -0.15) is 0 Å². The molecule has 3 nitrogen and oxygen atoms in total. The van der Waals surface area contributed by atoms with E-state index in [9.17, 15) is 0 Å². The molecule has 4 heteroatoms. The largest absolute Gasteiger partial charge is 0.485 e. The smallest absolute Gasteiger partial charge is 0.174 e. The molecule has 0 saturated carbocycles. The molecule has 0 spiro atoms. The van der Waals surface area contributed by atoms with Crippen LogP contribution in [0, 0.1) is 6.92 Å². The first-order chi connectivity index (χ1) is 7.24. The second-order valence-corrected chi connectivity index (χ2v) is 3.62. The van der Waals surface area contributed by atoms with Gasteiger partial charge in [0.05, 0.1) is 5.69 Å². The lowest BCUT2D eigenvalue weighted by atomic mass is 10.3. The normalized spacial score (nSPS) is 10.3. The molecule has 0 fully saturated rings. The lowest BCUT2D eigenvalue weighted by Gasteiger charge is -2.02. The fourth-order valence-corrected chi connectivity index (χ4v) is 1.38. The molecule has 0 bridgehead atoms. The first kappa shape index (κ1) is 10.1. The quantitative estimate of drug-likeness (QED) is 0.802. The maximum absolute atomic E-state index is 5.81. The summed E-state index contributed by atoms with van der Waals surface area (Å²) in [6, 6.07) is 9.07. The third-order valence-corrected chi connectivity index (χ3v) is 2.09. The fourth-order valence-electron chi connectivity index (χ4n) is 1.20. The molecular formula is C11H10ClNO2. The van der Waals surface area contributed by atoms with Crippen LogP contribution < -0.4 is 4.74 Å². The van der Waals surface area contributed by atoms with Gasteiger partial charge in [-0.15, -0.1) is 0 Å². The summed E-state index contributed by atoms with van der Waals surface area (Å²) in [7, 11) is 0. The highest BCUT2D eigenvalue weighted by Gasteiger charge is 2.01. The van der Waals surface area contributed by atoms with Gasteiger partial charge in [0.25, 0.3) is 0 Å². The zero-order chi connectivity index (χ0) is 10.7. The van der Waals surface area contributed by atoms with E-state index in [1.165, 1.54) is 0 Å². The Kier molecular flexibility index (Phi) is 2.92. The Morgan fingerprint density at radius 2 is 2.27 bits per heavy atom. The Morgan fingerprint density at radius 3 is 2.93 bits per heavy atom. The minimum atomic E-state index is 0.362. The molecule has 1 aromatic heterocycles. The van der Waals surface area contributed by atoms with E-state index in [1.807, 2.05) is 25.1 Å². The zero-order valence-electron chi connectivity index (χ0n) is 8.24. The van der Waals surface area contributed by atoms with Crippen LogP contribution in [0.3, 0.4) is 0 Å². The van der Waals surface area contributed by atoms with Crippen LogP contribution in [0.4, 0.5) is 0 Å². The molecule has 2 rings (SSSR count). The Balaban J connectivity index is 1.99. The van der Waals surface area contributed by atoms with E-state index in [4.69, 9.17) is 20.9 Å². The molecule has 0 amide bonds. The van der Waals surface area contributed by atoms with Crippen molar-refractivity contribution in [2.75, 3.05) is 0 Å². The summed E-state index contributed by atoms with van der Waals surface area (Å²) in [6.07, 6.45) is 0. The van der Waals surface area contributed by atoms with Crippen LogP contribution in [0.2, 0.25) is 5.02 Å². The van der Waals surface area contributed by atoms with Crippen LogP contribution in [-0.4, -0.2) is 5.16 Å². The zero-order valence-corrected chi connectivity index (χ0v) is 8.99. The lowest BCUT2D eigenvalue weighted by Crippen LogP contribution is -1.93. The van der Waals surface area contributed by atoms with Crippen molar-refractivity contribution in [3.05, 3.63) is 46.8 Å². The average Bonchev–Trinajstić information content (AvgIpc) is 2.62. The van der Waals surface area contributed by atoms with Crippen LogP contribution in [0.1, 0.15) is 11.5 Å². The molecule has 0 atom stereocenters. The molecule has 1 heterocycles. The van der Waals surface area contributed by atoms with Crippen molar-refractivity contribution in [1.82, 2.24) is 5.16 Å². The first-order valence-corrected chi connectivity index (χ1v) is 4.92. The van der Waals surface area contributed by atoms with Gasteiger partial charge in [0, 0.05) is 11.1 Å². The maximum Gasteiger partial charge on any atom is 0.174 e. The van der Waals surface area contributed by atoms with Crippen LogP contribution in [0.5, 0.6) is 5.75 Å². The molecule has 0 unspecified atom stereocenters. The second kappa shape index (κ2) is 4.36. The van der Waals surface area contributed by atoms with Crippen molar-refractivity contribution in [2.24, 2.45) is 0 Å². The molecular weight excluding hydrogens is 214 g/mol. The molecule has 0 aliphatic carbocycles. The first-order valence-electron chi connectivity index (χ1n) is 4.54. The summed E-state index contributed by atoms with van der Waals surface area (Å²) in [5, 5.41) is 4.42. The monoisotopic (exact) mass is 223 g/mol. The molecule has 0 saturated heterocycles. The Labute approximate surface area is 92.6 Å². The van der Waals surface area contributed by atoms with Crippen molar-refractivity contribution in [2.45, 2.75) is 13.5 Å². The van der Waals surface area contributed by atoms with E-state index in [2.05, 4.69) is 5.16 Å². The standard InChI is InChI=1S/C11H10ClNO2/c1-8-5-11(15-13-8)7-14-10-4-2-3-9(12)6-10/h2-6H,7H2,1H3. The number of hydrogen-bond acceptors (Lipinski definition) is 3. The third-order valence-electron chi connectivity index (χ3n) is 1.85. The second-order valence-electron chi connectivity index (χ2n) is 3.18. The van der Waals surface area contributed by atoms with Gasteiger partial charge in [-0.05, 0) is 25.1 Å². The molecule has 0 aliphatic rings. The van der Waals surface area contributed by atoms with E-state index in [0.717, 1.165) is 11.4 Å². The summed E-state index contributed by atoms with van der Waals surface area (Å²) in [5.41, 5.74) is 0.847. The van der Waals surface area contributed by atoms with E-state index >= 15 is 0 Å². The molecule has 0 aliphatic heterocycles. The minimum Gasteiger partial charge on any atom is -0.485 e. The van der Waals surface area contributed by atoms with Crippen molar-refractivity contribution in [3.63, 3.8) is 0 Å². The van der Waals surface area contributed by atoms with E-state index in [0.29, 0.717) is 17.4 Å². The number of aromatic nitrogens is 1. The number of hydrogen-bond donors (Lipinski definition) is 0. The van der Waals surface area contributed by atoms with Gasteiger partial charge in [0.2, 0.25) is 0 Å². The average molecular weight is 224 g/mol. The number of rotatable bonds is 3. The summed E-state index contributed by atoms with van der Waals surface area (Å²) < 4.78 is 10.5. The predicted molar refractivity (Wildman–Crippen MR) is 57.0 cm³/mol. The van der Waals surface area contributed by atoms with Crippen molar-refractivity contribution in [3.8, 4) is 5.75 Å². The van der Waals surface area contributed by atoms with E-state index in [-0.39, 0.29) is 0 Å². The fraction of sp³-hybridized carbons (Fsp3) is 0.182. The van der Waals surface area contributed by atoms with Crippen LogP contribution in [0.25, 0.3) is 0 Å². The van der Waals surface area contributed by atoms with Crippen LogP contribution in [0.15, 0.2) is 34.9 Å². The van der Waals surface area contributed by atoms with E-state index in [1.54, 1.807) is 12.1 Å². The van der Waals surface area contributed by atoms with Gasteiger partial charge in [-0.3, -0.25) is 0 Å². The summed E-state index contributed by atoms with van der Waals surface area (Å²) >= 11 is 5.81. The number of aryl methyl sites for hydroxylation is 1. The lowest BCUT2D eigenvalue weighted by molar-refractivity contribution is 0.249. The maximum atomic E-state index is 5.81. The Bertz CT molecular complexity index is 453. The van der Waals surface area contributed by atoms with E-state index < -0.39 is 0 Å². The minimum absolute atomic E-state index is 0.362. The molecule has 0 radical (unpaired) electrons. The van der Waals surface area contributed by atoms with Gasteiger partial charge in [-0.25, -0.2) is 0 Å². The molecule has 1 aromatic carbocycles. The number of nitrogens with zero attached hydrogens (tertiary/aromatic N) is 1. The molecule has 0 N–H and O–H groups in total.